The highest BCUT2D eigenvalue weighted by molar-refractivity contribution is 5.11. The normalized spacial score (nSPS) is 33.0. The largest absolute Gasteiger partial charge is 0.389 e. The van der Waals surface area contributed by atoms with Gasteiger partial charge in [0, 0.05) is 19.7 Å². The monoisotopic (exact) mass is 180 g/mol. The number of aliphatic hydroxyl groups is 1. The summed E-state index contributed by atoms with van der Waals surface area (Å²) in [6.07, 6.45) is 6.65. The van der Waals surface area contributed by atoms with Crippen molar-refractivity contribution in [2.75, 3.05) is 0 Å². The van der Waals surface area contributed by atoms with Crippen molar-refractivity contribution in [1.82, 2.24) is 9.78 Å². The first-order valence-electron chi connectivity index (χ1n) is 4.80. The van der Waals surface area contributed by atoms with Gasteiger partial charge in [-0.2, -0.15) is 5.10 Å². The topological polar surface area (TPSA) is 38.1 Å². The first kappa shape index (κ1) is 8.75. The maximum absolute atomic E-state index is 10.1. The molecule has 72 valence electrons. The highest BCUT2D eigenvalue weighted by Gasteiger charge is 2.42. The molecular formula is C10H16N2O. The summed E-state index contributed by atoms with van der Waals surface area (Å²) in [6.45, 7) is 2.11. The Balaban J connectivity index is 2.05. The van der Waals surface area contributed by atoms with Crippen LogP contribution in [0.4, 0.5) is 0 Å². The maximum atomic E-state index is 10.1. The highest BCUT2D eigenvalue weighted by Crippen LogP contribution is 2.40. The predicted molar refractivity (Wildman–Crippen MR) is 50.3 cm³/mol. The van der Waals surface area contributed by atoms with Crippen molar-refractivity contribution in [2.45, 2.75) is 31.8 Å². The van der Waals surface area contributed by atoms with Crippen LogP contribution in [0.15, 0.2) is 12.4 Å². The van der Waals surface area contributed by atoms with Gasteiger partial charge in [0.05, 0.1) is 11.8 Å². The van der Waals surface area contributed by atoms with Gasteiger partial charge in [-0.05, 0) is 24.3 Å². The zero-order valence-electron chi connectivity index (χ0n) is 8.20. The molecule has 2 atom stereocenters. The third-order valence-electron chi connectivity index (χ3n) is 3.20. The van der Waals surface area contributed by atoms with Crippen LogP contribution in [-0.4, -0.2) is 20.5 Å². The third kappa shape index (κ3) is 1.48. The molecule has 2 rings (SSSR count). The molecule has 1 saturated carbocycles. The second-order valence-electron chi connectivity index (χ2n) is 4.24. The average molecular weight is 180 g/mol. The lowest BCUT2D eigenvalue weighted by Gasteiger charge is -2.43. The Morgan fingerprint density at radius 1 is 1.77 bits per heavy atom. The quantitative estimate of drug-likeness (QED) is 0.740. The Hall–Kier alpha value is -0.830. The van der Waals surface area contributed by atoms with Crippen molar-refractivity contribution in [3.8, 4) is 0 Å². The van der Waals surface area contributed by atoms with E-state index in [1.165, 1.54) is 0 Å². The van der Waals surface area contributed by atoms with E-state index < -0.39 is 5.60 Å². The summed E-state index contributed by atoms with van der Waals surface area (Å²) in [5.74, 6) is 0.438. The van der Waals surface area contributed by atoms with E-state index in [-0.39, 0.29) is 0 Å². The van der Waals surface area contributed by atoms with Gasteiger partial charge in [-0.3, -0.25) is 4.68 Å². The van der Waals surface area contributed by atoms with Gasteiger partial charge in [0.1, 0.15) is 0 Å². The van der Waals surface area contributed by atoms with Crippen molar-refractivity contribution in [2.24, 2.45) is 13.0 Å². The molecule has 3 heteroatoms. The molecule has 0 radical (unpaired) electrons. The summed E-state index contributed by atoms with van der Waals surface area (Å²) in [4.78, 5) is 0. The summed E-state index contributed by atoms with van der Waals surface area (Å²) < 4.78 is 1.78. The van der Waals surface area contributed by atoms with Gasteiger partial charge in [0.15, 0.2) is 0 Å². The van der Waals surface area contributed by atoms with Crippen LogP contribution < -0.4 is 0 Å². The van der Waals surface area contributed by atoms with Gasteiger partial charge >= 0.3 is 0 Å². The molecule has 0 aliphatic heterocycles. The van der Waals surface area contributed by atoms with Crippen molar-refractivity contribution in [3.63, 3.8) is 0 Å². The molecule has 1 aromatic heterocycles. The summed E-state index contributed by atoms with van der Waals surface area (Å²) in [5, 5.41) is 14.2. The van der Waals surface area contributed by atoms with Gasteiger partial charge < -0.3 is 5.11 Å². The Bertz CT molecular complexity index is 308. The Labute approximate surface area is 78.4 Å². The fourth-order valence-electron chi connectivity index (χ4n) is 1.95. The van der Waals surface area contributed by atoms with Crippen molar-refractivity contribution < 1.29 is 5.11 Å². The molecule has 1 heterocycles. The number of hydrogen-bond donors (Lipinski definition) is 1. The molecule has 13 heavy (non-hydrogen) atoms. The molecule has 0 aromatic carbocycles. The lowest BCUT2D eigenvalue weighted by atomic mass is 9.68. The molecule has 0 spiro atoms. The summed E-state index contributed by atoms with van der Waals surface area (Å²) in [7, 11) is 1.90. The molecule has 3 nitrogen and oxygen atoms in total. The van der Waals surface area contributed by atoms with E-state index in [0.29, 0.717) is 5.92 Å². The van der Waals surface area contributed by atoms with Crippen molar-refractivity contribution in [1.29, 1.82) is 0 Å². The lowest BCUT2D eigenvalue weighted by Crippen LogP contribution is -2.47. The van der Waals surface area contributed by atoms with Crippen LogP contribution >= 0.6 is 0 Å². The molecule has 0 amide bonds. The smallest absolute Gasteiger partial charge is 0.0714 e. The highest BCUT2D eigenvalue weighted by atomic mass is 16.3. The molecule has 1 aliphatic rings. The fraction of sp³-hybridized carbons (Fsp3) is 0.700. The van der Waals surface area contributed by atoms with E-state index in [9.17, 15) is 5.11 Å². The fourth-order valence-corrected chi connectivity index (χ4v) is 1.95. The Morgan fingerprint density at radius 2 is 2.54 bits per heavy atom. The van der Waals surface area contributed by atoms with Gasteiger partial charge in [-0.1, -0.05) is 6.92 Å². The number of hydrogen-bond acceptors (Lipinski definition) is 2. The van der Waals surface area contributed by atoms with Crippen LogP contribution in [0.25, 0.3) is 0 Å². The predicted octanol–water partition coefficient (Wildman–Crippen LogP) is 1.12. The Morgan fingerprint density at radius 3 is 2.92 bits per heavy atom. The van der Waals surface area contributed by atoms with Gasteiger partial charge in [-0.15, -0.1) is 0 Å². The lowest BCUT2D eigenvalue weighted by molar-refractivity contribution is -0.0851. The summed E-state index contributed by atoms with van der Waals surface area (Å²) in [5.41, 5.74) is 0.680. The number of aryl methyl sites for hydroxylation is 1. The number of aromatic nitrogens is 2. The van der Waals surface area contributed by atoms with Crippen LogP contribution in [0.1, 0.15) is 25.3 Å². The first-order chi connectivity index (χ1) is 6.10. The molecule has 2 unspecified atom stereocenters. The van der Waals surface area contributed by atoms with Crippen LogP contribution in [0.5, 0.6) is 0 Å². The molecule has 0 bridgehead atoms. The minimum Gasteiger partial charge on any atom is -0.389 e. The van der Waals surface area contributed by atoms with Gasteiger partial charge in [0.25, 0.3) is 0 Å². The van der Waals surface area contributed by atoms with Crippen LogP contribution in [-0.2, 0) is 13.5 Å². The minimum atomic E-state index is -0.455. The number of rotatable bonds is 2. The summed E-state index contributed by atoms with van der Waals surface area (Å²) >= 11 is 0. The maximum Gasteiger partial charge on any atom is 0.0714 e. The van der Waals surface area contributed by atoms with Crippen molar-refractivity contribution >= 4 is 0 Å². The molecule has 0 saturated heterocycles. The van der Waals surface area contributed by atoms with E-state index in [4.69, 9.17) is 0 Å². The second kappa shape index (κ2) is 2.84. The van der Waals surface area contributed by atoms with Crippen LogP contribution in [0.3, 0.4) is 0 Å². The van der Waals surface area contributed by atoms with E-state index in [0.717, 1.165) is 24.8 Å². The van der Waals surface area contributed by atoms with E-state index in [2.05, 4.69) is 12.0 Å². The standard InChI is InChI=1S/C10H16N2O/c1-8-3-4-10(8,13)5-9-6-11-12(2)7-9/h6-8,13H,3-5H2,1-2H3. The minimum absolute atomic E-state index is 0.438. The SMILES string of the molecule is CC1CCC1(O)Cc1cnn(C)c1. The van der Waals surface area contributed by atoms with Crippen LogP contribution in [0, 0.1) is 5.92 Å². The molecular weight excluding hydrogens is 164 g/mol. The average Bonchev–Trinajstić information content (AvgIpc) is 2.48. The zero-order chi connectivity index (χ0) is 9.47. The summed E-state index contributed by atoms with van der Waals surface area (Å²) in [6, 6.07) is 0. The Kier molecular flexibility index (Phi) is 1.91. The molecule has 1 fully saturated rings. The van der Waals surface area contributed by atoms with E-state index in [1.54, 1.807) is 4.68 Å². The van der Waals surface area contributed by atoms with E-state index in [1.807, 2.05) is 19.4 Å². The number of nitrogens with zero attached hydrogens (tertiary/aromatic N) is 2. The first-order valence-corrected chi connectivity index (χ1v) is 4.80. The zero-order valence-corrected chi connectivity index (χ0v) is 8.20. The van der Waals surface area contributed by atoms with E-state index >= 15 is 0 Å². The second-order valence-corrected chi connectivity index (χ2v) is 4.24. The third-order valence-corrected chi connectivity index (χ3v) is 3.20. The molecule has 1 aromatic rings. The molecule has 1 N–H and O–H groups in total. The molecule has 1 aliphatic carbocycles. The van der Waals surface area contributed by atoms with Crippen molar-refractivity contribution in [3.05, 3.63) is 18.0 Å². The van der Waals surface area contributed by atoms with Gasteiger partial charge in [-0.25, -0.2) is 0 Å². The van der Waals surface area contributed by atoms with Crippen LogP contribution in [0.2, 0.25) is 0 Å². The van der Waals surface area contributed by atoms with Gasteiger partial charge in [0.2, 0.25) is 0 Å².